The van der Waals surface area contributed by atoms with Crippen LogP contribution in [0, 0.1) is 0 Å². The molecule has 3 aliphatic rings. The van der Waals surface area contributed by atoms with Crippen LogP contribution in [0.2, 0.25) is 0 Å². The summed E-state index contributed by atoms with van der Waals surface area (Å²) in [6, 6.07) is 18.2. The maximum Gasteiger partial charge on any atom is 0.407 e. The smallest absolute Gasteiger partial charge is 0.407 e. The van der Waals surface area contributed by atoms with E-state index in [4.69, 9.17) is 53.1 Å². The fraction of sp³-hybridized carbons (Fsp3) is 0.565. The monoisotopic (exact) mass is 954 g/mol. The lowest BCUT2D eigenvalue weighted by Gasteiger charge is -2.35. The Morgan fingerprint density at radius 1 is 0.853 bits per heavy atom. The van der Waals surface area contributed by atoms with Gasteiger partial charge in [0.2, 0.25) is 5.91 Å². The van der Waals surface area contributed by atoms with Crippen molar-refractivity contribution in [2.45, 2.75) is 141 Å². The molecular weight excluding hydrogens is 893 g/mol. The highest BCUT2D eigenvalue weighted by Gasteiger charge is 2.61. The fourth-order valence-electron chi connectivity index (χ4n) is 8.00. The van der Waals surface area contributed by atoms with E-state index >= 15 is 0 Å². The molecule has 0 bridgehead atoms. The first-order chi connectivity index (χ1) is 32.3. The van der Waals surface area contributed by atoms with Gasteiger partial charge in [-0.2, -0.15) is 0 Å². The molecule has 0 spiro atoms. The highest BCUT2D eigenvalue weighted by atomic mass is 16.8. The fourth-order valence-corrected chi connectivity index (χ4v) is 8.00. The third-order valence-electron chi connectivity index (χ3n) is 10.9. The molecule has 22 nitrogen and oxygen atoms in total. The number of nitrogens with one attached hydrogen (secondary N) is 3. The van der Waals surface area contributed by atoms with Crippen molar-refractivity contribution in [3.63, 3.8) is 0 Å². The summed E-state index contributed by atoms with van der Waals surface area (Å²) < 4.78 is 62.4. The van der Waals surface area contributed by atoms with Gasteiger partial charge in [0.15, 0.2) is 24.4 Å². The van der Waals surface area contributed by atoms with E-state index in [-0.39, 0.29) is 46.0 Å². The topological polar surface area (TPSA) is 267 Å². The number of hydrogen-bond donors (Lipinski definition) is 4. The van der Waals surface area contributed by atoms with Gasteiger partial charge in [-0.3, -0.25) is 19.0 Å². The summed E-state index contributed by atoms with van der Waals surface area (Å²) in [4.78, 5) is 78.5. The minimum Gasteiger partial charge on any atom is -0.457 e. The summed E-state index contributed by atoms with van der Waals surface area (Å²) in [6.45, 7) is 9.40. The molecule has 68 heavy (non-hydrogen) atoms. The number of aromatic nitrogens is 2. The number of primary amides is 1. The lowest BCUT2D eigenvalue weighted by molar-refractivity contribution is -0.248. The lowest BCUT2D eigenvalue weighted by Crippen LogP contribution is -2.59. The molecule has 6 rings (SSSR count). The first-order valence-electron chi connectivity index (χ1n) is 22.2. The Kier molecular flexibility index (Phi) is 17.5. The van der Waals surface area contributed by atoms with Crippen LogP contribution in [0.25, 0.3) is 0 Å². The molecule has 0 unspecified atom stereocenters. The maximum atomic E-state index is 14.2. The van der Waals surface area contributed by atoms with Crippen LogP contribution in [0.5, 0.6) is 0 Å². The van der Waals surface area contributed by atoms with Crippen LogP contribution in [-0.4, -0.2) is 126 Å². The van der Waals surface area contributed by atoms with Gasteiger partial charge in [-0.25, -0.2) is 19.0 Å². The van der Waals surface area contributed by atoms with E-state index in [1.54, 1.807) is 34.6 Å². The molecular formula is C46H62N6O16. The van der Waals surface area contributed by atoms with E-state index in [0.29, 0.717) is 0 Å². The predicted molar refractivity (Wildman–Crippen MR) is 238 cm³/mol. The van der Waals surface area contributed by atoms with Gasteiger partial charge < -0.3 is 69.1 Å². The van der Waals surface area contributed by atoms with Crippen molar-refractivity contribution < 1.29 is 66.5 Å². The summed E-state index contributed by atoms with van der Waals surface area (Å²) >= 11 is 0. The number of benzene rings is 2. The van der Waals surface area contributed by atoms with Crippen molar-refractivity contribution in [1.29, 1.82) is 0 Å². The first-order valence-corrected chi connectivity index (χ1v) is 22.2. The van der Waals surface area contributed by atoms with Crippen molar-refractivity contribution in [2.24, 2.45) is 5.73 Å². The number of nitrogens with two attached hydrogens (primary N) is 1. The number of ether oxygens (including phenoxy) is 10. The van der Waals surface area contributed by atoms with Crippen LogP contribution in [0.15, 0.2) is 82.5 Å². The Balaban J connectivity index is 1.28. The lowest BCUT2D eigenvalue weighted by atomic mass is 9.98. The summed E-state index contributed by atoms with van der Waals surface area (Å²) in [5.74, 6) is -2.85. The second-order valence-corrected chi connectivity index (χ2v) is 17.8. The van der Waals surface area contributed by atoms with E-state index in [1.807, 2.05) is 60.7 Å². The van der Waals surface area contributed by atoms with Gasteiger partial charge in [-0.15, -0.1) is 0 Å². The molecule has 10 atom stereocenters. The molecule has 0 aliphatic carbocycles. The Morgan fingerprint density at radius 2 is 1.51 bits per heavy atom. The van der Waals surface area contributed by atoms with Gasteiger partial charge in [0.25, 0.3) is 5.56 Å². The normalized spacial score (nSPS) is 24.9. The molecule has 22 heteroatoms. The van der Waals surface area contributed by atoms with Crippen molar-refractivity contribution in [1.82, 2.24) is 25.1 Å². The largest absolute Gasteiger partial charge is 0.457 e. The van der Waals surface area contributed by atoms with E-state index in [0.717, 1.165) is 15.7 Å². The molecule has 3 aromatic rings. The molecule has 2 aromatic carbocycles. The highest BCUT2D eigenvalue weighted by Crippen LogP contribution is 2.45. The maximum absolute atomic E-state index is 14.2. The number of rotatable bonds is 21. The number of carbonyl (C=O) groups is 4. The average molecular weight is 955 g/mol. The predicted octanol–water partition coefficient (Wildman–Crippen LogP) is 1.94. The van der Waals surface area contributed by atoms with Crippen LogP contribution >= 0.6 is 0 Å². The van der Waals surface area contributed by atoms with Crippen molar-refractivity contribution in [2.75, 3.05) is 26.7 Å². The van der Waals surface area contributed by atoms with Crippen molar-refractivity contribution in [3.05, 3.63) is 105 Å². The highest BCUT2D eigenvalue weighted by molar-refractivity contribution is 5.80. The minimum absolute atomic E-state index is 0.0674. The van der Waals surface area contributed by atoms with Crippen LogP contribution in [0.1, 0.15) is 65.3 Å². The molecule has 0 saturated carbocycles. The number of amides is 3. The third-order valence-corrected chi connectivity index (χ3v) is 10.9. The summed E-state index contributed by atoms with van der Waals surface area (Å²) in [6.07, 6.45) is -10.7. The van der Waals surface area contributed by atoms with Gasteiger partial charge in [0.1, 0.15) is 61.6 Å². The van der Waals surface area contributed by atoms with Crippen LogP contribution in [0.3, 0.4) is 0 Å². The van der Waals surface area contributed by atoms with Gasteiger partial charge in [0, 0.05) is 32.8 Å². The molecule has 5 N–H and O–H groups in total. The van der Waals surface area contributed by atoms with Crippen LogP contribution in [0.4, 0.5) is 9.59 Å². The SMILES string of the molecule is CO[C@H]1[C@H](O[C@H]([C@H]2O[C@@H](n3ccc(=O)n(COCc4ccccc4)c3=O)[C@@H]3OC(C)(C)O[C@H]23)[C@H](NCCCNC(=O)OCc2ccccc2)C(N)=O)O[C@H](CNC(=O)OC(C)(C)C)[C@H]1OC(C)=O. The molecule has 3 saturated heterocycles. The van der Waals surface area contributed by atoms with Crippen molar-refractivity contribution in [3.8, 4) is 0 Å². The zero-order chi connectivity index (χ0) is 49.2. The number of hydrogen-bond acceptors (Lipinski definition) is 17. The molecule has 3 fully saturated rings. The second kappa shape index (κ2) is 23.1. The number of methoxy groups -OCH3 is 1. The number of nitrogens with zero attached hydrogens (tertiary/aromatic N) is 2. The standard InChI is InChI=1S/C46H62N6O16/c1-27(53)62-33-30(23-50-43(57)68-45(2,3)4)63-41(38(33)59-7)65-34(32(39(47)55)48-20-14-21-49-42(56)61-25-29-17-12-9-13-18-29)35-36-37(67-46(5,6)66-36)40(64-35)51-22-19-31(54)52(44(51)58)26-60-24-28-15-10-8-11-16-28/h8-13,15-19,22,30,32-38,40-41,48H,14,20-21,23-26H2,1-7H3,(H2,47,55)(H,49,56)(H,50,57)/t30-,32+,33-,34+,35-,36-,37-,38-,40-,41+/m1/s1. The number of fused-ring (bicyclic) bond motifs is 1. The average Bonchev–Trinajstić information content (AvgIpc) is 3.90. The van der Waals surface area contributed by atoms with Gasteiger partial charge in [0.05, 0.1) is 13.2 Å². The molecule has 0 radical (unpaired) electrons. The quantitative estimate of drug-likeness (QED) is 0.0675. The molecule has 4 heterocycles. The summed E-state index contributed by atoms with van der Waals surface area (Å²) in [7, 11) is 1.33. The van der Waals surface area contributed by atoms with Crippen molar-refractivity contribution >= 4 is 24.1 Å². The Hall–Kier alpha value is -5.72. The Labute approximate surface area is 392 Å². The van der Waals surface area contributed by atoms with Crippen LogP contribution in [-0.2, 0) is 76.9 Å². The van der Waals surface area contributed by atoms with E-state index in [9.17, 15) is 28.8 Å². The minimum atomic E-state index is -1.44. The zero-order valence-corrected chi connectivity index (χ0v) is 39.2. The van der Waals surface area contributed by atoms with Gasteiger partial charge >= 0.3 is 23.8 Å². The van der Waals surface area contributed by atoms with Crippen LogP contribution < -0.4 is 32.9 Å². The van der Waals surface area contributed by atoms with E-state index in [1.165, 1.54) is 30.9 Å². The van der Waals surface area contributed by atoms with Gasteiger partial charge in [-0.05, 0) is 58.7 Å². The van der Waals surface area contributed by atoms with E-state index in [2.05, 4.69) is 16.0 Å². The first kappa shape index (κ1) is 51.7. The zero-order valence-electron chi connectivity index (χ0n) is 39.2. The Bertz CT molecular complexity index is 2290. The third kappa shape index (κ3) is 13.7. The number of esters is 1. The summed E-state index contributed by atoms with van der Waals surface area (Å²) in [5.41, 5.74) is 5.53. The summed E-state index contributed by atoms with van der Waals surface area (Å²) in [5, 5.41) is 8.41. The molecule has 3 amide bonds. The van der Waals surface area contributed by atoms with E-state index < -0.39 is 108 Å². The molecule has 1 aromatic heterocycles. The number of carbonyl (C=O) groups excluding carboxylic acids is 4. The molecule has 3 aliphatic heterocycles. The van der Waals surface area contributed by atoms with Gasteiger partial charge in [-0.1, -0.05) is 60.7 Å². The second-order valence-electron chi connectivity index (χ2n) is 17.8. The Morgan fingerprint density at radius 3 is 2.15 bits per heavy atom. The molecule has 372 valence electrons. The number of alkyl carbamates (subject to hydrolysis) is 2.